The first-order chi connectivity index (χ1) is 20.3. The number of hydrogen-bond donors (Lipinski definition) is 3. The summed E-state index contributed by atoms with van der Waals surface area (Å²) in [6.45, 7) is 6.57. The highest BCUT2D eigenvalue weighted by molar-refractivity contribution is 7.20. The lowest BCUT2D eigenvalue weighted by Crippen LogP contribution is -2.48. The lowest BCUT2D eigenvalue weighted by Gasteiger charge is -2.39. The molecule has 0 saturated heterocycles. The molecule has 3 amide bonds. The molecule has 3 N–H and O–H groups in total. The van der Waals surface area contributed by atoms with Gasteiger partial charge in [-0.1, -0.05) is 50.0 Å². The van der Waals surface area contributed by atoms with Crippen molar-refractivity contribution in [1.29, 1.82) is 0 Å². The minimum Gasteiger partial charge on any atom is -0.466 e. The van der Waals surface area contributed by atoms with E-state index >= 15 is 0 Å². The fourth-order valence-electron chi connectivity index (χ4n) is 6.30. The van der Waals surface area contributed by atoms with Crippen molar-refractivity contribution in [3.8, 4) is 0 Å². The third-order valence-corrected chi connectivity index (χ3v) is 10.8. The molecule has 0 spiro atoms. The zero-order valence-electron chi connectivity index (χ0n) is 24.5. The summed E-state index contributed by atoms with van der Waals surface area (Å²) in [5.74, 6) is -1.55. The Morgan fingerprint density at radius 2 is 1.98 bits per heavy atom. The number of esters is 1. The van der Waals surface area contributed by atoms with Gasteiger partial charge in [-0.3, -0.25) is 19.2 Å². The number of nitrogens with one attached hydrogen (secondary N) is 3. The quantitative estimate of drug-likeness (QED) is 0.236. The van der Waals surface area contributed by atoms with Gasteiger partial charge in [0, 0.05) is 18.3 Å². The molecule has 2 heterocycles. The van der Waals surface area contributed by atoms with E-state index in [9.17, 15) is 24.0 Å². The number of halogens is 2. The lowest BCUT2D eigenvalue weighted by atomic mass is 9.69. The number of fused-ring (bicyclic) bond motifs is 2. The van der Waals surface area contributed by atoms with Gasteiger partial charge in [-0.15, -0.1) is 11.3 Å². The molecule has 2 aliphatic rings. The van der Waals surface area contributed by atoms with Gasteiger partial charge in [-0.05, 0) is 67.1 Å². The summed E-state index contributed by atoms with van der Waals surface area (Å²) in [4.78, 5) is 63.9. The fourth-order valence-corrected chi connectivity index (χ4v) is 7.76. The highest BCUT2D eigenvalue weighted by Gasteiger charge is 2.61. The molecule has 0 radical (unpaired) electrons. The van der Waals surface area contributed by atoms with Crippen LogP contribution in [-0.4, -0.2) is 47.5 Å². The maximum absolute atomic E-state index is 13.3. The first-order valence-corrected chi connectivity index (χ1v) is 15.6. The summed E-state index contributed by atoms with van der Waals surface area (Å²) in [5.41, 5.74) is -0.366. The van der Waals surface area contributed by atoms with Gasteiger partial charge in [-0.2, -0.15) is 0 Å². The average Bonchev–Trinajstić information content (AvgIpc) is 3.47. The number of hydrogen-bond acceptors (Lipinski definition) is 7. The van der Waals surface area contributed by atoms with Crippen LogP contribution >= 0.6 is 34.5 Å². The van der Waals surface area contributed by atoms with Crippen molar-refractivity contribution in [2.75, 3.05) is 12.4 Å². The van der Waals surface area contributed by atoms with E-state index < -0.39 is 29.4 Å². The van der Waals surface area contributed by atoms with Gasteiger partial charge >= 0.3 is 5.97 Å². The Balaban J connectivity index is 1.45. The van der Waals surface area contributed by atoms with Crippen LogP contribution in [0, 0.1) is 16.7 Å². The molecule has 13 heteroatoms. The Bertz CT molecular complexity index is 1500. The minimum absolute atomic E-state index is 0.00180. The van der Waals surface area contributed by atoms with Crippen LogP contribution in [0.25, 0.3) is 0 Å². The summed E-state index contributed by atoms with van der Waals surface area (Å²) in [6, 6.07) is 3.33. The summed E-state index contributed by atoms with van der Waals surface area (Å²) in [7, 11) is 1.24. The summed E-state index contributed by atoms with van der Waals surface area (Å²) in [6.07, 6.45) is 7.69. The van der Waals surface area contributed by atoms with Crippen molar-refractivity contribution in [2.45, 2.75) is 71.5 Å². The number of ether oxygens (including phenoxy) is 1. The highest BCUT2D eigenvalue weighted by atomic mass is 35.5. The molecular formula is C30H36Cl2N4O6S. The van der Waals surface area contributed by atoms with E-state index in [0.29, 0.717) is 10.3 Å². The number of allylic oxidation sites excluding steroid dienone is 1. The smallest absolute Gasteiger partial charge is 0.330 e. The van der Waals surface area contributed by atoms with Gasteiger partial charge < -0.3 is 25.3 Å². The summed E-state index contributed by atoms with van der Waals surface area (Å²) < 4.78 is 6.29. The zero-order chi connectivity index (χ0) is 31.5. The molecule has 10 nitrogen and oxygen atoms in total. The number of nitrogens with zero attached hydrogens (tertiary/aromatic N) is 1. The van der Waals surface area contributed by atoms with E-state index in [0.717, 1.165) is 30.6 Å². The van der Waals surface area contributed by atoms with Gasteiger partial charge in [-0.25, -0.2) is 4.79 Å². The number of carbonyl (C=O) groups excluding carboxylic acids is 4. The number of amides is 3. The Kier molecular flexibility index (Phi) is 10.1. The van der Waals surface area contributed by atoms with E-state index in [-0.39, 0.29) is 57.8 Å². The molecule has 2 aromatic rings. The third-order valence-electron chi connectivity index (χ3n) is 9.32. The van der Waals surface area contributed by atoms with Crippen molar-refractivity contribution in [3.63, 3.8) is 0 Å². The summed E-state index contributed by atoms with van der Waals surface area (Å²) >= 11 is 13.1. The number of anilines is 1. The average molecular weight is 652 g/mol. The number of aromatic nitrogens is 1. The van der Waals surface area contributed by atoms with Crippen LogP contribution in [0.15, 0.2) is 41.3 Å². The van der Waals surface area contributed by atoms with Crippen molar-refractivity contribution >= 4 is 63.9 Å². The van der Waals surface area contributed by atoms with Crippen molar-refractivity contribution < 1.29 is 23.9 Å². The Morgan fingerprint density at radius 1 is 1.23 bits per heavy atom. The minimum atomic E-state index is -1.09. The van der Waals surface area contributed by atoms with Crippen LogP contribution in [0.1, 0.15) is 63.2 Å². The molecular weight excluding hydrogens is 615 g/mol. The van der Waals surface area contributed by atoms with Gasteiger partial charge in [0.2, 0.25) is 11.8 Å². The standard InChI is InChI=1S/C30H36Cl2N4O6S/c1-29(2)17-11-12-30(29,3)21(14-17)35-23(37)16-36-13-7-9-20(28(36)41)34-27(40)19(8-5-6-10-24(38)42-4)33-26(39)18-15-22(31)43-25(18)32/h6-7,9-10,13,15,17,19,21H,5,8,11-12,14,16H2,1-4H3,(H,33,39)(H,34,40)(H,35,37)/b10-6+/t17?,19-,21?,30+/m0/s1. The number of pyridine rings is 1. The highest BCUT2D eigenvalue weighted by Crippen LogP contribution is 2.65. The number of carbonyl (C=O) groups is 4. The molecule has 0 aliphatic heterocycles. The SMILES string of the molecule is COC(=O)/C=C/CC[C@H](NC(=O)c1cc(Cl)sc1Cl)C(=O)Nc1cccn(CC(=O)NC2CC3CC[C@@]2(C)C3(C)C)c1=O. The van der Waals surface area contributed by atoms with Gasteiger partial charge in [0.05, 0.1) is 17.0 Å². The molecule has 4 atom stereocenters. The van der Waals surface area contributed by atoms with Gasteiger partial charge in [0.1, 0.15) is 22.6 Å². The van der Waals surface area contributed by atoms with Crippen molar-refractivity contribution in [3.05, 3.63) is 61.1 Å². The largest absolute Gasteiger partial charge is 0.466 e. The van der Waals surface area contributed by atoms with E-state index in [1.165, 1.54) is 42.2 Å². The first kappa shape index (κ1) is 32.8. The Labute approximate surface area is 264 Å². The normalized spacial score (nSPS) is 22.7. The van der Waals surface area contributed by atoms with Gasteiger partial charge in [0.25, 0.3) is 11.5 Å². The second kappa shape index (κ2) is 13.2. The van der Waals surface area contributed by atoms with Crippen molar-refractivity contribution in [1.82, 2.24) is 15.2 Å². The van der Waals surface area contributed by atoms with E-state index in [1.54, 1.807) is 6.07 Å². The van der Waals surface area contributed by atoms with Crippen LogP contribution in [-0.2, 0) is 25.7 Å². The molecule has 2 bridgehead atoms. The van der Waals surface area contributed by atoms with Crippen LogP contribution in [0.2, 0.25) is 8.67 Å². The predicted molar refractivity (Wildman–Crippen MR) is 166 cm³/mol. The molecule has 2 aromatic heterocycles. The third kappa shape index (κ3) is 6.99. The number of thiophene rings is 1. The Morgan fingerprint density at radius 3 is 2.58 bits per heavy atom. The van der Waals surface area contributed by atoms with E-state index in [2.05, 4.69) is 41.5 Å². The number of rotatable bonds is 11. The monoisotopic (exact) mass is 650 g/mol. The molecule has 43 heavy (non-hydrogen) atoms. The fraction of sp³-hybridized carbons (Fsp3) is 0.500. The second-order valence-electron chi connectivity index (χ2n) is 11.8. The Hall–Kier alpha value is -3.15. The topological polar surface area (TPSA) is 136 Å². The molecule has 2 unspecified atom stereocenters. The maximum atomic E-state index is 13.3. The molecule has 232 valence electrons. The predicted octanol–water partition coefficient (Wildman–Crippen LogP) is 4.79. The van der Waals surface area contributed by atoms with Gasteiger partial charge in [0.15, 0.2) is 0 Å². The molecule has 0 aromatic carbocycles. The molecule has 4 rings (SSSR count). The van der Waals surface area contributed by atoms with Crippen molar-refractivity contribution in [2.24, 2.45) is 16.7 Å². The first-order valence-electron chi connectivity index (χ1n) is 14.1. The molecule has 2 fully saturated rings. The van der Waals surface area contributed by atoms with E-state index in [1.807, 2.05) is 0 Å². The van der Waals surface area contributed by atoms with Crippen LogP contribution in [0.3, 0.4) is 0 Å². The second-order valence-corrected chi connectivity index (χ2v) is 14.1. The number of methoxy groups -OCH3 is 1. The van der Waals surface area contributed by atoms with E-state index in [4.69, 9.17) is 23.2 Å². The summed E-state index contributed by atoms with van der Waals surface area (Å²) in [5, 5.41) is 8.36. The molecule has 2 saturated carbocycles. The molecule has 2 aliphatic carbocycles. The zero-order valence-corrected chi connectivity index (χ0v) is 26.8. The maximum Gasteiger partial charge on any atom is 0.330 e. The lowest BCUT2D eigenvalue weighted by molar-refractivity contribution is -0.134. The van der Waals surface area contributed by atoms with Crippen LogP contribution in [0.5, 0.6) is 0 Å². The van der Waals surface area contributed by atoms with Crippen LogP contribution < -0.4 is 21.5 Å². The van der Waals surface area contributed by atoms with Crippen LogP contribution in [0.4, 0.5) is 5.69 Å².